The van der Waals surface area contributed by atoms with E-state index in [-0.39, 0.29) is 0 Å². The first-order valence-corrected chi connectivity index (χ1v) is 4.53. The third kappa shape index (κ3) is 0.574. The standard InChI is InChI=1S/C9H14O2/c1-2-9-4-3-8(1,9)5-10-7-11-6-9/h1-7H2. The van der Waals surface area contributed by atoms with Gasteiger partial charge in [-0.15, -0.1) is 0 Å². The van der Waals surface area contributed by atoms with E-state index in [2.05, 4.69) is 0 Å². The molecule has 0 bridgehead atoms. The molecule has 0 atom stereocenters. The second-order valence-electron chi connectivity index (χ2n) is 4.38. The fourth-order valence-corrected chi connectivity index (χ4v) is 3.04. The van der Waals surface area contributed by atoms with Gasteiger partial charge in [0.05, 0.1) is 13.2 Å². The van der Waals surface area contributed by atoms with Gasteiger partial charge in [-0.3, -0.25) is 0 Å². The lowest BCUT2D eigenvalue weighted by atomic mass is 9.38. The van der Waals surface area contributed by atoms with Crippen LogP contribution in [0.4, 0.5) is 0 Å². The highest BCUT2D eigenvalue weighted by Crippen LogP contribution is 2.70. The summed E-state index contributed by atoms with van der Waals surface area (Å²) >= 11 is 0. The van der Waals surface area contributed by atoms with Crippen LogP contribution in [0, 0.1) is 10.8 Å². The minimum atomic E-state index is 0.531. The van der Waals surface area contributed by atoms with Crippen molar-refractivity contribution in [3.8, 4) is 0 Å². The predicted octanol–water partition coefficient (Wildman–Crippen LogP) is 1.55. The summed E-state index contributed by atoms with van der Waals surface area (Å²) in [6.45, 7) is 2.46. The zero-order chi connectivity index (χ0) is 7.36. The molecule has 62 valence electrons. The van der Waals surface area contributed by atoms with Crippen LogP contribution in [0.3, 0.4) is 0 Å². The molecule has 3 aliphatic rings. The van der Waals surface area contributed by atoms with Crippen LogP contribution in [0.5, 0.6) is 0 Å². The Kier molecular flexibility index (Phi) is 1.06. The highest BCUT2D eigenvalue weighted by molar-refractivity contribution is 5.14. The van der Waals surface area contributed by atoms with Crippen molar-refractivity contribution >= 4 is 0 Å². The number of hydrogen-bond donors (Lipinski definition) is 0. The maximum absolute atomic E-state index is 5.43. The summed E-state index contributed by atoms with van der Waals surface area (Å²) in [5.74, 6) is 0. The van der Waals surface area contributed by atoms with E-state index in [1.54, 1.807) is 0 Å². The van der Waals surface area contributed by atoms with Crippen molar-refractivity contribution in [1.29, 1.82) is 0 Å². The van der Waals surface area contributed by atoms with Gasteiger partial charge in [0.1, 0.15) is 6.79 Å². The third-order valence-corrected chi connectivity index (χ3v) is 4.21. The Morgan fingerprint density at radius 3 is 1.55 bits per heavy atom. The van der Waals surface area contributed by atoms with Gasteiger partial charge in [-0.25, -0.2) is 0 Å². The zero-order valence-electron chi connectivity index (χ0n) is 6.77. The van der Waals surface area contributed by atoms with Gasteiger partial charge in [-0.05, 0) is 25.7 Å². The molecule has 2 heteroatoms. The topological polar surface area (TPSA) is 18.5 Å². The van der Waals surface area contributed by atoms with Crippen LogP contribution in [0.25, 0.3) is 0 Å². The monoisotopic (exact) mass is 154 g/mol. The summed E-state index contributed by atoms with van der Waals surface area (Å²) in [5, 5.41) is 0. The highest BCUT2D eigenvalue weighted by Gasteiger charge is 2.65. The van der Waals surface area contributed by atoms with Crippen LogP contribution < -0.4 is 0 Å². The largest absolute Gasteiger partial charge is 0.355 e. The summed E-state index contributed by atoms with van der Waals surface area (Å²) in [7, 11) is 0. The van der Waals surface area contributed by atoms with Crippen molar-refractivity contribution in [3.05, 3.63) is 0 Å². The molecule has 0 aromatic heterocycles. The molecule has 3 fully saturated rings. The van der Waals surface area contributed by atoms with E-state index in [0.717, 1.165) is 13.2 Å². The molecule has 2 saturated carbocycles. The van der Waals surface area contributed by atoms with Crippen LogP contribution in [0.2, 0.25) is 0 Å². The average molecular weight is 154 g/mol. The van der Waals surface area contributed by atoms with E-state index in [1.807, 2.05) is 0 Å². The van der Waals surface area contributed by atoms with E-state index in [0.29, 0.717) is 17.6 Å². The van der Waals surface area contributed by atoms with Crippen LogP contribution in [-0.4, -0.2) is 20.0 Å². The van der Waals surface area contributed by atoms with Gasteiger partial charge in [0.15, 0.2) is 0 Å². The molecule has 0 aromatic carbocycles. The van der Waals surface area contributed by atoms with Gasteiger partial charge in [0.25, 0.3) is 0 Å². The molecule has 0 spiro atoms. The maximum Gasteiger partial charge on any atom is 0.146 e. The fraction of sp³-hybridized carbons (Fsp3) is 1.00. The van der Waals surface area contributed by atoms with Gasteiger partial charge in [0, 0.05) is 10.8 Å². The van der Waals surface area contributed by atoms with Crippen LogP contribution in [-0.2, 0) is 9.47 Å². The molecule has 1 heterocycles. The Labute approximate surface area is 66.9 Å². The van der Waals surface area contributed by atoms with E-state index in [9.17, 15) is 0 Å². The van der Waals surface area contributed by atoms with Crippen LogP contribution >= 0.6 is 0 Å². The quantitative estimate of drug-likeness (QED) is 0.527. The van der Waals surface area contributed by atoms with E-state index in [4.69, 9.17) is 9.47 Å². The molecule has 0 unspecified atom stereocenters. The lowest BCUT2D eigenvalue weighted by molar-refractivity contribution is -0.199. The summed E-state index contributed by atoms with van der Waals surface area (Å²) in [5.41, 5.74) is 1.15. The molecule has 0 N–H and O–H groups in total. The van der Waals surface area contributed by atoms with Crippen molar-refractivity contribution in [3.63, 3.8) is 0 Å². The second kappa shape index (κ2) is 1.80. The first-order valence-electron chi connectivity index (χ1n) is 4.53. The van der Waals surface area contributed by atoms with Crippen molar-refractivity contribution in [2.24, 2.45) is 10.8 Å². The first kappa shape index (κ1) is 6.44. The predicted molar refractivity (Wildman–Crippen MR) is 40.1 cm³/mol. The van der Waals surface area contributed by atoms with Gasteiger partial charge >= 0.3 is 0 Å². The minimum Gasteiger partial charge on any atom is -0.355 e. The summed E-state index contributed by atoms with van der Waals surface area (Å²) in [6, 6.07) is 0. The van der Waals surface area contributed by atoms with Gasteiger partial charge in [0.2, 0.25) is 0 Å². The molecular weight excluding hydrogens is 140 g/mol. The lowest BCUT2D eigenvalue weighted by Crippen LogP contribution is -2.62. The van der Waals surface area contributed by atoms with Crippen LogP contribution in [0.1, 0.15) is 25.7 Å². The first-order chi connectivity index (χ1) is 5.37. The Morgan fingerprint density at radius 1 is 0.727 bits per heavy atom. The van der Waals surface area contributed by atoms with Crippen molar-refractivity contribution in [2.75, 3.05) is 20.0 Å². The average Bonchev–Trinajstić information content (AvgIpc) is 2.13. The highest BCUT2D eigenvalue weighted by atomic mass is 16.7. The second-order valence-corrected chi connectivity index (χ2v) is 4.38. The summed E-state index contributed by atoms with van der Waals surface area (Å²) < 4.78 is 10.9. The fourth-order valence-electron chi connectivity index (χ4n) is 3.04. The Hall–Kier alpha value is -0.0800. The van der Waals surface area contributed by atoms with Gasteiger partial charge in [-0.1, -0.05) is 0 Å². The normalized spacial score (nSPS) is 54.5. The Bertz CT molecular complexity index is 160. The van der Waals surface area contributed by atoms with E-state index in [1.165, 1.54) is 25.7 Å². The van der Waals surface area contributed by atoms with Crippen molar-refractivity contribution < 1.29 is 9.47 Å². The molecule has 2 nitrogen and oxygen atoms in total. The molecule has 0 amide bonds. The molecule has 3 rings (SSSR count). The molecule has 0 radical (unpaired) electrons. The lowest BCUT2D eigenvalue weighted by Gasteiger charge is -2.67. The van der Waals surface area contributed by atoms with Crippen LogP contribution in [0.15, 0.2) is 0 Å². The van der Waals surface area contributed by atoms with Crippen molar-refractivity contribution in [1.82, 2.24) is 0 Å². The molecule has 2 aliphatic carbocycles. The third-order valence-electron chi connectivity index (χ3n) is 4.21. The molecule has 1 aliphatic heterocycles. The van der Waals surface area contributed by atoms with E-state index >= 15 is 0 Å². The molecular formula is C9H14O2. The zero-order valence-corrected chi connectivity index (χ0v) is 6.77. The molecule has 0 aromatic rings. The molecule has 11 heavy (non-hydrogen) atoms. The Morgan fingerprint density at radius 2 is 1.18 bits per heavy atom. The SMILES string of the molecule is C1OCC23CCC2(CC3)CO1. The Balaban J connectivity index is 1.89. The number of ether oxygens (including phenoxy) is 2. The van der Waals surface area contributed by atoms with E-state index < -0.39 is 0 Å². The van der Waals surface area contributed by atoms with Gasteiger partial charge in [-0.2, -0.15) is 0 Å². The van der Waals surface area contributed by atoms with Crippen molar-refractivity contribution in [2.45, 2.75) is 25.7 Å². The number of rotatable bonds is 0. The smallest absolute Gasteiger partial charge is 0.146 e. The maximum atomic E-state index is 5.43. The van der Waals surface area contributed by atoms with Gasteiger partial charge < -0.3 is 9.47 Å². The molecule has 1 saturated heterocycles. The minimum absolute atomic E-state index is 0.531. The number of hydrogen-bond acceptors (Lipinski definition) is 2. The summed E-state index contributed by atoms with van der Waals surface area (Å²) in [4.78, 5) is 0. The summed E-state index contributed by atoms with van der Waals surface area (Å²) in [6.07, 6.45) is 5.54.